The largest absolute Gasteiger partial charge is 0.388 e. The molecule has 2 atom stereocenters. The quantitative estimate of drug-likeness (QED) is 0.900. The molecule has 0 bridgehead atoms. The highest BCUT2D eigenvalue weighted by Gasteiger charge is 2.22. The zero-order chi connectivity index (χ0) is 11.7. The van der Waals surface area contributed by atoms with Gasteiger partial charge in [0.05, 0.1) is 12.2 Å². The van der Waals surface area contributed by atoms with Crippen LogP contribution in [0.1, 0.15) is 30.9 Å². The molecule has 1 aliphatic heterocycles. The minimum absolute atomic E-state index is 0.240. The third-order valence-corrected chi connectivity index (χ3v) is 4.36. The predicted molar refractivity (Wildman–Crippen MR) is 70.4 cm³/mol. The molecule has 2 aromatic rings. The Bertz CT molecular complexity index is 500. The van der Waals surface area contributed by atoms with Crippen molar-refractivity contribution in [1.29, 1.82) is 0 Å². The molecule has 1 aromatic heterocycles. The van der Waals surface area contributed by atoms with Crippen LogP contribution in [0.25, 0.3) is 10.1 Å². The molecular weight excluding hydrogens is 232 g/mol. The van der Waals surface area contributed by atoms with Gasteiger partial charge < -0.3 is 9.84 Å². The first-order chi connectivity index (χ1) is 8.34. The molecule has 0 radical (unpaired) electrons. The molecule has 1 aromatic carbocycles. The van der Waals surface area contributed by atoms with Crippen LogP contribution in [0.3, 0.4) is 0 Å². The highest BCUT2D eigenvalue weighted by atomic mass is 32.1. The summed E-state index contributed by atoms with van der Waals surface area (Å²) in [5.41, 5.74) is 1.06. The van der Waals surface area contributed by atoms with Gasteiger partial charge in [-0.25, -0.2) is 0 Å². The minimum atomic E-state index is -0.394. The van der Waals surface area contributed by atoms with E-state index in [1.807, 2.05) is 12.1 Å². The van der Waals surface area contributed by atoms with Gasteiger partial charge in [0, 0.05) is 17.7 Å². The molecule has 2 heterocycles. The Balaban J connectivity index is 1.82. The summed E-state index contributed by atoms with van der Waals surface area (Å²) in [6.07, 6.45) is 2.78. The number of rotatable bonds is 3. The van der Waals surface area contributed by atoms with Crippen LogP contribution in [-0.4, -0.2) is 17.8 Å². The lowest BCUT2D eigenvalue weighted by molar-refractivity contribution is 0.0541. The van der Waals surface area contributed by atoms with Crippen LogP contribution in [-0.2, 0) is 4.74 Å². The van der Waals surface area contributed by atoms with Crippen LogP contribution < -0.4 is 0 Å². The molecule has 1 aliphatic rings. The summed E-state index contributed by atoms with van der Waals surface area (Å²) in [6, 6.07) is 8.24. The number of hydrogen-bond donors (Lipinski definition) is 1. The Morgan fingerprint density at radius 3 is 3.12 bits per heavy atom. The van der Waals surface area contributed by atoms with Crippen LogP contribution in [0.15, 0.2) is 29.6 Å². The third-order valence-electron chi connectivity index (χ3n) is 3.38. The van der Waals surface area contributed by atoms with Crippen molar-refractivity contribution in [3.63, 3.8) is 0 Å². The monoisotopic (exact) mass is 248 g/mol. The van der Waals surface area contributed by atoms with Crippen molar-refractivity contribution in [3.05, 3.63) is 35.2 Å². The van der Waals surface area contributed by atoms with Gasteiger partial charge in [0.2, 0.25) is 0 Å². The summed E-state index contributed by atoms with van der Waals surface area (Å²) < 4.78 is 6.82. The second kappa shape index (κ2) is 4.77. The molecule has 0 aliphatic carbocycles. The van der Waals surface area contributed by atoms with E-state index in [0.717, 1.165) is 31.4 Å². The molecule has 2 unspecified atom stereocenters. The van der Waals surface area contributed by atoms with E-state index in [-0.39, 0.29) is 6.10 Å². The van der Waals surface area contributed by atoms with Gasteiger partial charge in [-0.3, -0.25) is 0 Å². The summed E-state index contributed by atoms with van der Waals surface area (Å²) >= 11 is 1.70. The van der Waals surface area contributed by atoms with E-state index < -0.39 is 6.10 Å². The highest BCUT2D eigenvalue weighted by molar-refractivity contribution is 7.17. The first-order valence-electron chi connectivity index (χ1n) is 6.10. The molecule has 3 heteroatoms. The Morgan fingerprint density at radius 2 is 2.29 bits per heavy atom. The van der Waals surface area contributed by atoms with Crippen molar-refractivity contribution in [2.75, 3.05) is 6.61 Å². The highest BCUT2D eigenvalue weighted by Crippen LogP contribution is 2.33. The maximum Gasteiger partial charge on any atom is 0.0828 e. The number of aliphatic hydroxyl groups excluding tert-OH is 1. The van der Waals surface area contributed by atoms with E-state index in [2.05, 4.69) is 17.5 Å². The molecule has 2 nitrogen and oxygen atoms in total. The van der Waals surface area contributed by atoms with Crippen molar-refractivity contribution in [2.45, 2.75) is 31.5 Å². The van der Waals surface area contributed by atoms with Crippen molar-refractivity contribution >= 4 is 21.4 Å². The molecule has 17 heavy (non-hydrogen) atoms. The Morgan fingerprint density at radius 1 is 1.41 bits per heavy atom. The van der Waals surface area contributed by atoms with E-state index in [1.54, 1.807) is 11.3 Å². The second-order valence-corrected chi connectivity index (χ2v) is 5.48. The fraction of sp³-hybridized carbons (Fsp3) is 0.429. The van der Waals surface area contributed by atoms with Gasteiger partial charge in [0.1, 0.15) is 0 Å². The predicted octanol–water partition coefficient (Wildman–Crippen LogP) is 3.50. The van der Waals surface area contributed by atoms with E-state index in [0.29, 0.717) is 0 Å². The first-order valence-corrected chi connectivity index (χ1v) is 6.98. The molecule has 3 rings (SSSR count). The van der Waals surface area contributed by atoms with Crippen molar-refractivity contribution in [3.8, 4) is 0 Å². The van der Waals surface area contributed by atoms with E-state index in [9.17, 15) is 5.11 Å². The van der Waals surface area contributed by atoms with Crippen LogP contribution in [0.5, 0.6) is 0 Å². The standard InChI is InChI=1S/C14H16O2S/c15-13(8-10-4-3-7-16-10)12-9-17-14-6-2-1-5-11(12)14/h1-2,5-6,9-10,13,15H,3-4,7-8H2. The summed E-state index contributed by atoms with van der Waals surface area (Å²) in [5, 5.41) is 13.6. The fourth-order valence-electron chi connectivity index (χ4n) is 2.46. The van der Waals surface area contributed by atoms with Crippen molar-refractivity contribution < 1.29 is 9.84 Å². The summed E-state index contributed by atoms with van der Waals surface area (Å²) in [4.78, 5) is 0. The smallest absolute Gasteiger partial charge is 0.0828 e. The van der Waals surface area contributed by atoms with Gasteiger partial charge >= 0.3 is 0 Å². The lowest BCUT2D eigenvalue weighted by Gasteiger charge is -2.14. The SMILES string of the molecule is OC(CC1CCCO1)c1csc2ccccc12. The maximum absolute atomic E-state index is 10.3. The van der Waals surface area contributed by atoms with Gasteiger partial charge in [0.15, 0.2) is 0 Å². The molecular formula is C14H16O2S. The molecule has 1 N–H and O–H groups in total. The normalized spacial score (nSPS) is 22.1. The second-order valence-electron chi connectivity index (χ2n) is 4.57. The average molecular weight is 248 g/mol. The summed E-state index contributed by atoms with van der Waals surface area (Å²) in [6.45, 7) is 0.849. The van der Waals surface area contributed by atoms with Gasteiger partial charge in [-0.1, -0.05) is 18.2 Å². The number of thiophene rings is 1. The van der Waals surface area contributed by atoms with Crippen LogP contribution in [0.2, 0.25) is 0 Å². The molecule has 0 saturated carbocycles. The van der Waals surface area contributed by atoms with Gasteiger partial charge in [0.25, 0.3) is 0 Å². The number of fused-ring (bicyclic) bond motifs is 1. The Labute approximate surface area is 105 Å². The third kappa shape index (κ3) is 2.23. The van der Waals surface area contributed by atoms with Gasteiger partial charge in [-0.15, -0.1) is 11.3 Å². The van der Waals surface area contributed by atoms with E-state index >= 15 is 0 Å². The first kappa shape index (κ1) is 11.2. The fourth-order valence-corrected chi connectivity index (χ4v) is 3.47. The molecule has 1 fully saturated rings. The maximum atomic E-state index is 10.3. The molecule has 1 saturated heterocycles. The lowest BCUT2D eigenvalue weighted by Crippen LogP contribution is -2.10. The van der Waals surface area contributed by atoms with Gasteiger partial charge in [-0.05, 0) is 35.2 Å². The molecule has 0 spiro atoms. The zero-order valence-corrected chi connectivity index (χ0v) is 10.5. The van der Waals surface area contributed by atoms with Crippen molar-refractivity contribution in [1.82, 2.24) is 0 Å². The number of ether oxygens (including phenoxy) is 1. The minimum Gasteiger partial charge on any atom is -0.388 e. The zero-order valence-electron chi connectivity index (χ0n) is 9.63. The average Bonchev–Trinajstić information content (AvgIpc) is 2.96. The Kier molecular flexibility index (Phi) is 3.14. The number of benzene rings is 1. The van der Waals surface area contributed by atoms with Crippen LogP contribution in [0, 0.1) is 0 Å². The van der Waals surface area contributed by atoms with E-state index in [1.165, 1.54) is 10.1 Å². The van der Waals surface area contributed by atoms with Crippen molar-refractivity contribution in [2.24, 2.45) is 0 Å². The van der Waals surface area contributed by atoms with Crippen LogP contribution >= 0.6 is 11.3 Å². The Hall–Kier alpha value is -0.900. The summed E-state index contributed by atoms with van der Waals surface area (Å²) in [7, 11) is 0. The lowest BCUT2D eigenvalue weighted by atomic mass is 10.0. The van der Waals surface area contributed by atoms with E-state index in [4.69, 9.17) is 4.74 Å². The number of hydrogen-bond acceptors (Lipinski definition) is 3. The topological polar surface area (TPSA) is 29.5 Å². The van der Waals surface area contributed by atoms with Crippen LogP contribution in [0.4, 0.5) is 0 Å². The molecule has 0 amide bonds. The molecule has 90 valence electrons. The number of aliphatic hydroxyl groups is 1. The summed E-state index contributed by atoms with van der Waals surface area (Å²) in [5.74, 6) is 0. The van der Waals surface area contributed by atoms with Gasteiger partial charge in [-0.2, -0.15) is 0 Å².